The van der Waals surface area contributed by atoms with Crippen molar-refractivity contribution in [2.75, 3.05) is 6.54 Å². The van der Waals surface area contributed by atoms with Gasteiger partial charge in [-0.2, -0.15) is 4.31 Å². The van der Waals surface area contributed by atoms with Crippen LogP contribution in [0, 0.1) is 0 Å². The van der Waals surface area contributed by atoms with Crippen LogP contribution in [0.3, 0.4) is 0 Å². The first-order valence-corrected chi connectivity index (χ1v) is 11.2. The average Bonchev–Trinajstić information content (AvgIpc) is 3.11. The molecule has 2 aromatic rings. The number of hydrogen-bond donors (Lipinski definition) is 0. The fraction of sp³-hybridized carbons (Fsp3) is 0.500. The number of piperidine rings is 1. The van der Waals surface area contributed by atoms with E-state index >= 15 is 0 Å². The molecule has 0 bridgehead atoms. The third-order valence-corrected chi connectivity index (χ3v) is 7.07. The second kappa shape index (κ2) is 7.97. The highest BCUT2D eigenvalue weighted by Gasteiger charge is 2.37. The van der Waals surface area contributed by atoms with Crippen LogP contribution in [0.1, 0.15) is 51.5 Å². The number of nitrogens with zero attached hydrogens (tertiary/aromatic N) is 2. The van der Waals surface area contributed by atoms with Gasteiger partial charge in [-0.3, -0.25) is 4.79 Å². The van der Waals surface area contributed by atoms with Crippen molar-refractivity contribution in [2.45, 2.75) is 62.8 Å². The average molecular weight is 425 g/mol. The van der Waals surface area contributed by atoms with Crippen LogP contribution in [0.4, 0.5) is 0 Å². The first-order chi connectivity index (χ1) is 13.1. The molecule has 0 spiro atoms. The summed E-state index contributed by atoms with van der Waals surface area (Å²) in [5.41, 5.74) is 0.327. The van der Waals surface area contributed by atoms with Crippen LogP contribution in [-0.2, 0) is 26.7 Å². The number of aromatic nitrogens is 1. The molecule has 152 valence electrons. The molecule has 1 aliphatic rings. The maximum atomic E-state index is 13.1. The summed E-state index contributed by atoms with van der Waals surface area (Å²) in [6, 6.07) is 7.11. The summed E-state index contributed by atoms with van der Waals surface area (Å²) in [6.45, 7) is 6.33. The zero-order chi connectivity index (χ0) is 20.5. The van der Waals surface area contributed by atoms with Crippen molar-refractivity contribution >= 4 is 27.4 Å². The lowest BCUT2D eigenvalue weighted by Gasteiger charge is -2.33. The van der Waals surface area contributed by atoms with Gasteiger partial charge in [-0.15, -0.1) is 0 Å². The van der Waals surface area contributed by atoms with Crippen LogP contribution in [0.15, 0.2) is 39.8 Å². The van der Waals surface area contributed by atoms with Crippen molar-refractivity contribution in [2.24, 2.45) is 0 Å². The van der Waals surface area contributed by atoms with E-state index in [0.717, 1.165) is 12.8 Å². The minimum absolute atomic E-state index is 0.0525. The van der Waals surface area contributed by atoms with Crippen molar-refractivity contribution in [1.82, 2.24) is 9.46 Å². The lowest BCUT2D eigenvalue weighted by atomic mass is 9.92. The number of halogens is 1. The zero-order valence-corrected chi connectivity index (χ0v) is 17.9. The normalized spacial score (nSPS) is 18.9. The standard InChI is InChI=1S/C20H25ClN2O4S/c1-20(2,3)19-13-15(22-27-19)12-18(24)17-6-4-5-11-23(17)28(25,26)16-9-7-14(21)8-10-16/h7-10,13,17H,4-6,11-12H2,1-3H3/t17-/m0/s1. The summed E-state index contributed by atoms with van der Waals surface area (Å²) < 4.78 is 32.9. The Balaban J connectivity index is 1.81. The topological polar surface area (TPSA) is 80.5 Å². The van der Waals surface area contributed by atoms with Crippen molar-refractivity contribution in [3.63, 3.8) is 0 Å². The number of sulfonamides is 1. The Labute approximate surface area is 170 Å². The predicted octanol–water partition coefficient (Wildman–Crippen LogP) is 3.98. The highest BCUT2D eigenvalue weighted by Crippen LogP contribution is 2.28. The smallest absolute Gasteiger partial charge is 0.243 e. The predicted molar refractivity (Wildman–Crippen MR) is 107 cm³/mol. The van der Waals surface area contributed by atoms with E-state index in [2.05, 4.69) is 5.16 Å². The van der Waals surface area contributed by atoms with E-state index in [9.17, 15) is 13.2 Å². The lowest BCUT2D eigenvalue weighted by molar-refractivity contribution is -0.123. The molecule has 0 N–H and O–H groups in total. The number of carbonyl (C=O) groups excluding carboxylic acids is 1. The first kappa shape index (κ1) is 21.0. The Hall–Kier alpha value is -1.70. The van der Waals surface area contributed by atoms with Crippen LogP contribution in [-0.4, -0.2) is 36.2 Å². The van der Waals surface area contributed by atoms with E-state index in [4.69, 9.17) is 16.1 Å². The molecule has 1 fully saturated rings. The molecule has 6 nitrogen and oxygen atoms in total. The Morgan fingerprint density at radius 3 is 2.54 bits per heavy atom. The number of ketones is 1. The van der Waals surface area contributed by atoms with Crippen molar-refractivity contribution in [3.05, 3.63) is 46.8 Å². The maximum absolute atomic E-state index is 13.1. The second-order valence-corrected chi connectivity index (χ2v) is 10.5. The lowest BCUT2D eigenvalue weighted by Crippen LogP contribution is -2.48. The zero-order valence-electron chi connectivity index (χ0n) is 16.3. The Kier molecular flexibility index (Phi) is 5.98. The molecule has 1 aromatic heterocycles. The largest absolute Gasteiger partial charge is 0.361 e. The monoisotopic (exact) mass is 424 g/mol. The van der Waals surface area contributed by atoms with Gasteiger partial charge in [0, 0.05) is 23.0 Å². The molecule has 2 heterocycles. The molecule has 1 saturated heterocycles. The van der Waals surface area contributed by atoms with E-state index in [1.165, 1.54) is 16.4 Å². The van der Waals surface area contributed by atoms with Crippen molar-refractivity contribution in [3.8, 4) is 0 Å². The Morgan fingerprint density at radius 1 is 1.25 bits per heavy atom. The number of rotatable bonds is 5. The van der Waals surface area contributed by atoms with E-state index < -0.39 is 16.1 Å². The first-order valence-electron chi connectivity index (χ1n) is 9.35. The number of carbonyl (C=O) groups is 1. The summed E-state index contributed by atoms with van der Waals surface area (Å²) in [4.78, 5) is 13.1. The minimum Gasteiger partial charge on any atom is -0.361 e. The fourth-order valence-corrected chi connectivity index (χ4v) is 5.11. The van der Waals surface area contributed by atoms with Gasteiger partial charge in [0.25, 0.3) is 0 Å². The summed E-state index contributed by atoms with van der Waals surface area (Å²) in [5, 5.41) is 4.46. The molecule has 0 unspecified atom stereocenters. The highest BCUT2D eigenvalue weighted by molar-refractivity contribution is 7.89. The van der Waals surface area contributed by atoms with Gasteiger partial charge >= 0.3 is 0 Å². The molecule has 1 aliphatic heterocycles. The molecule has 0 radical (unpaired) electrons. The van der Waals surface area contributed by atoms with Crippen LogP contribution < -0.4 is 0 Å². The minimum atomic E-state index is -3.77. The van der Waals surface area contributed by atoms with E-state index in [0.29, 0.717) is 29.4 Å². The van der Waals surface area contributed by atoms with Gasteiger partial charge < -0.3 is 4.52 Å². The van der Waals surface area contributed by atoms with E-state index in [-0.39, 0.29) is 22.5 Å². The molecular weight excluding hydrogens is 400 g/mol. The molecule has 0 amide bonds. The molecule has 3 rings (SSSR count). The molecule has 0 aliphatic carbocycles. The number of Topliss-reactive ketones (excluding diaryl/α,β-unsaturated/α-hetero) is 1. The fourth-order valence-electron chi connectivity index (χ4n) is 3.30. The third kappa shape index (κ3) is 4.47. The van der Waals surface area contributed by atoms with Gasteiger partial charge in [0.1, 0.15) is 5.76 Å². The van der Waals surface area contributed by atoms with Crippen LogP contribution in [0.5, 0.6) is 0 Å². The van der Waals surface area contributed by atoms with E-state index in [1.54, 1.807) is 18.2 Å². The number of benzene rings is 1. The van der Waals surface area contributed by atoms with E-state index in [1.807, 2.05) is 20.8 Å². The molecule has 0 saturated carbocycles. The summed E-state index contributed by atoms with van der Waals surface area (Å²) in [7, 11) is -3.77. The van der Waals surface area contributed by atoms with Gasteiger partial charge in [0.2, 0.25) is 10.0 Å². The molecule has 8 heteroatoms. The summed E-state index contributed by atoms with van der Waals surface area (Å²) in [6.07, 6.45) is 2.11. The van der Waals surface area contributed by atoms with Crippen LogP contribution >= 0.6 is 11.6 Å². The molecule has 1 aromatic carbocycles. The quantitative estimate of drug-likeness (QED) is 0.725. The second-order valence-electron chi connectivity index (χ2n) is 8.16. The van der Waals surface area contributed by atoms with Gasteiger partial charge in [-0.25, -0.2) is 8.42 Å². The summed E-state index contributed by atoms with van der Waals surface area (Å²) >= 11 is 5.87. The van der Waals surface area contributed by atoms with Gasteiger partial charge in [0.15, 0.2) is 5.78 Å². The van der Waals surface area contributed by atoms with Crippen molar-refractivity contribution in [1.29, 1.82) is 0 Å². The van der Waals surface area contributed by atoms with Crippen molar-refractivity contribution < 1.29 is 17.7 Å². The van der Waals surface area contributed by atoms with Crippen LogP contribution in [0.25, 0.3) is 0 Å². The molecule has 1 atom stereocenters. The number of hydrogen-bond acceptors (Lipinski definition) is 5. The Bertz CT molecular complexity index is 945. The van der Waals surface area contributed by atoms with Gasteiger partial charge in [-0.1, -0.05) is 43.9 Å². The Morgan fingerprint density at radius 2 is 1.93 bits per heavy atom. The summed E-state index contributed by atoms with van der Waals surface area (Å²) in [5.74, 6) is 0.538. The van der Waals surface area contributed by atoms with Gasteiger partial charge in [-0.05, 0) is 37.1 Å². The molecule has 28 heavy (non-hydrogen) atoms. The van der Waals surface area contributed by atoms with Gasteiger partial charge in [0.05, 0.1) is 23.1 Å². The molecular formula is C20H25ClN2O4S. The SMILES string of the molecule is CC(C)(C)c1cc(CC(=O)[C@@H]2CCCCN2S(=O)(=O)c2ccc(Cl)cc2)no1. The highest BCUT2D eigenvalue weighted by atomic mass is 35.5. The maximum Gasteiger partial charge on any atom is 0.243 e. The third-order valence-electron chi connectivity index (χ3n) is 4.90. The van der Waals surface area contributed by atoms with Crippen LogP contribution in [0.2, 0.25) is 5.02 Å².